The van der Waals surface area contributed by atoms with Crippen molar-refractivity contribution in [3.05, 3.63) is 68.5 Å². The normalized spacial score (nSPS) is 17.6. The van der Waals surface area contributed by atoms with Crippen LogP contribution in [0.25, 0.3) is 0 Å². The molecule has 0 saturated carbocycles. The first kappa shape index (κ1) is 17.9. The molecule has 25 heavy (non-hydrogen) atoms. The van der Waals surface area contributed by atoms with E-state index in [0.717, 1.165) is 32.7 Å². The van der Waals surface area contributed by atoms with Crippen LogP contribution < -0.4 is 0 Å². The summed E-state index contributed by atoms with van der Waals surface area (Å²) in [6, 6.07) is 12.4. The number of benzene rings is 1. The summed E-state index contributed by atoms with van der Waals surface area (Å²) in [5.74, 6) is -0.339. The maximum Gasteiger partial charge on any atom is 0.332 e. The predicted molar refractivity (Wildman–Crippen MR) is 105 cm³/mol. The molecule has 0 radical (unpaired) electrons. The molecule has 0 spiro atoms. The number of allylic oxidation sites excluding steroid dienone is 1. The summed E-state index contributed by atoms with van der Waals surface area (Å²) >= 11 is 5.16. The number of nitrogens with zero attached hydrogens (tertiary/aromatic N) is 2. The minimum atomic E-state index is -0.339. The van der Waals surface area contributed by atoms with Crippen LogP contribution in [-0.2, 0) is 9.53 Å². The third kappa shape index (κ3) is 4.19. The van der Waals surface area contributed by atoms with Crippen molar-refractivity contribution in [2.24, 2.45) is 5.10 Å². The van der Waals surface area contributed by atoms with Crippen molar-refractivity contribution in [3.63, 3.8) is 0 Å². The van der Waals surface area contributed by atoms with Gasteiger partial charge in [-0.05, 0) is 43.0 Å². The van der Waals surface area contributed by atoms with Gasteiger partial charge in [-0.25, -0.2) is 4.79 Å². The molecular formula is C19H19BrN2O2S. The van der Waals surface area contributed by atoms with Gasteiger partial charge in [0.15, 0.2) is 0 Å². The second-order valence-electron chi connectivity index (χ2n) is 5.68. The Kier molecular flexibility index (Phi) is 5.71. The van der Waals surface area contributed by atoms with Crippen molar-refractivity contribution in [1.82, 2.24) is 5.01 Å². The van der Waals surface area contributed by atoms with E-state index in [1.807, 2.05) is 30.1 Å². The molecule has 6 heteroatoms. The SMILES string of the molecule is CCOC(=O)/C=C(\C)N1N=C(c2cccs2)CC1c1ccc(Br)cc1. The number of ether oxygens (including phenoxy) is 1. The fourth-order valence-corrected chi connectivity index (χ4v) is 3.78. The summed E-state index contributed by atoms with van der Waals surface area (Å²) in [5, 5.41) is 8.77. The molecular weight excluding hydrogens is 400 g/mol. The Balaban J connectivity index is 1.93. The fraction of sp³-hybridized carbons (Fsp3) is 0.263. The molecule has 4 nitrogen and oxygen atoms in total. The van der Waals surface area contributed by atoms with Gasteiger partial charge in [0.05, 0.1) is 23.2 Å². The van der Waals surface area contributed by atoms with Crippen LogP contribution in [0.2, 0.25) is 0 Å². The Labute approximate surface area is 159 Å². The van der Waals surface area contributed by atoms with Gasteiger partial charge in [-0.3, -0.25) is 5.01 Å². The van der Waals surface area contributed by atoms with Gasteiger partial charge in [0.2, 0.25) is 0 Å². The third-order valence-corrected chi connectivity index (χ3v) is 5.39. The lowest BCUT2D eigenvalue weighted by molar-refractivity contribution is -0.137. The molecule has 0 saturated heterocycles. The smallest absolute Gasteiger partial charge is 0.332 e. The maximum absolute atomic E-state index is 11.8. The number of hydrogen-bond donors (Lipinski definition) is 0. The van der Waals surface area contributed by atoms with Crippen LogP contribution in [0.5, 0.6) is 0 Å². The fourth-order valence-electron chi connectivity index (χ4n) is 2.79. The van der Waals surface area contributed by atoms with E-state index in [9.17, 15) is 4.79 Å². The average Bonchev–Trinajstić information content (AvgIpc) is 3.25. The molecule has 0 bridgehead atoms. The minimum Gasteiger partial charge on any atom is -0.463 e. The molecule has 0 amide bonds. The number of thiophene rings is 1. The van der Waals surface area contributed by atoms with Crippen LogP contribution in [0.15, 0.2) is 63.1 Å². The van der Waals surface area contributed by atoms with Crippen molar-refractivity contribution in [2.45, 2.75) is 26.3 Å². The molecule has 1 unspecified atom stereocenters. The Morgan fingerprint density at radius 3 is 2.80 bits per heavy atom. The van der Waals surface area contributed by atoms with Crippen LogP contribution in [0, 0.1) is 0 Å². The molecule has 1 atom stereocenters. The molecule has 0 fully saturated rings. The van der Waals surface area contributed by atoms with Gasteiger partial charge in [-0.2, -0.15) is 5.10 Å². The number of halogens is 1. The molecule has 2 aromatic rings. The number of esters is 1. The molecule has 1 aliphatic rings. The average molecular weight is 419 g/mol. The van der Waals surface area contributed by atoms with Crippen molar-refractivity contribution >= 4 is 38.9 Å². The van der Waals surface area contributed by atoms with E-state index in [1.54, 1.807) is 18.3 Å². The van der Waals surface area contributed by atoms with Gasteiger partial charge in [-0.15, -0.1) is 11.3 Å². The molecule has 0 aliphatic carbocycles. The van der Waals surface area contributed by atoms with E-state index < -0.39 is 0 Å². The van der Waals surface area contributed by atoms with Crippen LogP contribution in [0.4, 0.5) is 0 Å². The summed E-state index contributed by atoms with van der Waals surface area (Å²) in [7, 11) is 0. The Hall–Kier alpha value is -1.92. The zero-order chi connectivity index (χ0) is 17.8. The summed E-state index contributed by atoms with van der Waals surface area (Å²) in [4.78, 5) is 13.0. The lowest BCUT2D eigenvalue weighted by Gasteiger charge is -2.24. The largest absolute Gasteiger partial charge is 0.463 e. The number of hydrazone groups is 1. The highest BCUT2D eigenvalue weighted by molar-refractivity contribution is 9.10. The highest BCUT2D eigenvalue weighted by Crippen LogP contribution is 2.36. The molecule has 2 heterocycles. The number of rotatable bonds is 5. The van der Waals surface area contributed by atoms with Gasteiger partial charge >= 0.3 is 5.97 Å². The number of hydrogen-bond acceptors (Lipinski definition) is 5. The van der Waals surface area contributed by atoms with Crippen LogP contribution in [-0.4, -0.2) is 23.3 Å². The van der Waals surface area contributed by atoms with Crippen LogP contribution in [0.3, 0.4) is 0 Å². The van der Waals surface area contributed by atoms with Crippen LogP contribution in [0.1, 0.15) is 36.8 Å². The standard InChI is InChI=1S/C19H19BrN2O2S/c1-3-24-19(23)11-13(2)22-17(14-6-8-15(20)9-7-14)12-16(21-22)18-5-4-10-25-18/h4-11,17H,3,12H2,1-2H3/b13-11+. The van der Waals surface area contributed by atoms with Gasteiger partial charge in [-0.1, -0.05) is 34.1 Å². The second kappa shape index (κ2) is 7.97. The van der Waals surface area contributed by atoms with Crippen molar-refractivity contribution in [3.8, 4) is 0 Å². The van der Waals surface area contributed by atoms with E-state index in [2.05, 4.69) is 39.5 Å². The van der Waals surface area contributed by atoms with Crippen molar-refractivity contribution < 1.29 is 9.53 Å². The van der Waals surface area contributed by atoms with Crippen molar-refractivity contribution in [1.29, 1.82) is 0 Å². The van der Waals surface area contributed by atoms with Crippen molar-refractivity contribution in [2.75, 3.05) is 6.61 Å². The quantitative estimate of drug-likeness (QED) is 0.499. The molecule has 1 aliphatic heterocycles. The molecule has 3 rings (SSSR count). The van der Waals surface area contributed by atoms with E-state index in [0.29, 0.717) is 6.61 Å². The van der Waals surface area contributed by atoms with Gasteiger partial charge < -0.3 is 4.74 Å². The summed E-state index contributed by atoms with van der Waals surface area (Å²) in [6.45, 7) is 4.06. The zero-order valence-corrected chi connectivity index (χ0v) is 16.5. The Bertz CT molecular complexity index is 797. The first-order valence-corrected chi connectivity index (χ1v) is 9.77. The van der Waals surface area contributed by atoms with Gasteiger partial charge in [0.1, 0.15) is 0 Å². The van der Waals surface area contributed by atoms with Gasteiger partial charge in [0.25, 0.3) is 0 Å². The highest BCUT2D eigenvalue weighted by atomic mass is 79.9. The monoisotopic (exact) mass is 418 g/mol. The Morgan fingerprint density at radius 2 is 2.16 bits per heavy atom. The summed E-state index contributed by atoms with van der Waals surface area (Å²) < 4.78 is 6.07. The number of carbonyl (C=O) groups is 1. The zero-order valence-electron chi connectivity index (χ0n) is 14.1. The summed E-state index contributed by atoms with van der Waals surface area (Å²) in [5.41, 5.74) is 2.98. The predicted octanol–water partition coefficient (Wildman–Crippen LogP) is 5.13. The van der Waals surface area contributed by atoms with E-state index in [1.165, 1.54) is 6.08 Å². The minimum absolute atomic E-state index is 0.0656. The van der Waals surface area contributed by atoms with Gasteiger partial charge in [0, 0.05) is 22.7 Å². The van der Waals surface area contributed by atoms with E-state index in [4.69, 9.17) is 9.84 Å². The lowest BCUT2D eigenvalue weighted by atomic mass is 10.0. The maximum atomic E-state index is 11.8. The highest BCUT2D eigenvalue weighted by Gasteiger charge is 2.30. The molecule has 130 valence electrons. The first-order valence-electron chi connectivity index (χ1n) is 8.09. The second-order valence-corrected chi connectivity index (χ2v) is 7.54. The third-order valence-electron chi connectivity index (χ3n) is 3.95. The van der Waals surface area contributed by atoms with E-state index >= 15 is 0 Å². The van der Waals surface area contributed by atoms with E-state index in [-0.39, 0.29) is 12.0 Å². The van der Waals surface area contributed by atoms with Crippen LogP contribution >= 0.6 is 27.3 Å². The molecule has 1 aromatic heterocycles. The summed E-state index contributed by atoms with van der Waals surface area (Å²) in [6.07, 6.45) is 2.31. The molecule has 0 N–H and O–H groups in total. The topological polar surface area (TPSA) is 41.9 Å². The number of carbonyl (C=O) groups excluding carboxylic acids is 1. The first-order chi connectivity index (χ1) is 12.1. The Morgan fingerprint density at radius 1 is 1.40 bits per heavy atom. The molecule has 1 aromatic carbocycles. The lowest BCUT2D eigenvalue weighted by Crippen LogP contribution is -2.18.